The molecular weight excluding hydrogens is 190 g/mol. The topological polar surface area (TPSA) is 71.8 Å². The van der Waals surface area contributed by atoms with Crippen molar-refractivity contribution in [3.63, 3.8) is 0 Å². The van der Waals surface area contributed by atoms with Gasteiger partial charge in [0.2, 0.25) is 5.91 Å². The van der Waals surface area contributed by atoms with Crippen molar-refractivity contribution in [2.45, 2.75) is 6.42 Å². The first-order valence-corrected chi connectivity index (χ1v) is 4.46. The quantitative estimate of drug-likeness (QED) is 0.666. The van der Waals surface area contributed by atoms with E-state index in [1.165, 1.54) is 0 Å². The Balaban J connectivity index is 2.27. The molecule has 0 atom stereocenters. The highest BCUT2D eigenvalue weighted by atomic mass is 16.1. The first kappa shape index (κ1) is 9.28. The zero-order valence-electron chi connectivity index (χ0n) is 7.95. The number of fused-ring (bicyclic) bond motifs is 1. The van der Waals surface area contributed by atoms with Crippen LogP contribution < -0.4 is 5.73 Å². The van der Waals surface area contributed by atoms with E-state index in [1.54, 1.807) is 6.20 Å². The number of aromatic amines is 1. The summed E-state index contributed by atoms with van der Waals surface area (Å²) >= 11 is 0. The summed E-state index contributed by atoms with van der Waals surface area (Å²) in [6, 6.07) is 5.68. The number of nitrogens with two attached hydrogens (primary N) is 1. The average Bonchev–Trinajstić information content (AvgIpc) is 2.64. The second-order valence-electron chi connectivity index (χ2n) is 3.12. The number of amides is 1. The van der Waals surface area contributed by atoms with E-state index in [9.17, 15) is 4.79 Å². The maximum absolute atomic E-state index is 10.5. The van der Waals surface area contributed by atoms with E-state index < -0.39 is 5.91 Å². The molecule has 0 aliphatic carbocycles. The molecule has 15 heavy (non-hydrogen) atoms. The van der Waals surface area contributed by atoms with Crippen LogP contribution >= 0.6 is 0 Å². The predicted molar refractivity (Wildman–Crippen MR) is 56.8 cm³/mol. The molecule has 0 unspecified atom stereocenters. The van der Waals surface area contributed by atoms with Crippen molar-refractivity contribution in [3.8, 4) is 11.8 Å². The Bertz CT molecular complexity index is 560. The first-order valence-electron chi connectivity index (χ1n) is 4.46. The van der Waals surface area contributed by atoms with Crippen LogP contribution in [0, 0.1) is 11.8 Å². The van der Waals surface area contributed by atoms with Gasteiger partial charge in [0.15, 0.2) is 0 Å². The second kappa shape index (κ2) is 3.84. The molecule has 1 heterocycles. The number of hydrogen-bond acceptors (Lipinski definition) is 2. The van der Waals surface area contributed by atoms with E-state index >= 15 is 0 Å². The smallest absolute Gasteiger partial charge is 0.229 e. The normalized spacial score (nSPS) is 9.60. The van der Waals surface area contributed by atoms with Crippen LogP contribution in [0.2, 0.25) is 0 Å². The van der Waals surface area contributed by atoms with Crippen LogP contribution in [0.15, 0.2) is 24.4 Å². The molecule has 0 radical (unpaired) electrons. The SMILES string of the molecule is NC(=O)CC#Cc1ccc2[nH]ncc2c1. The van der Waals surface area contributed by atoms with Gasteiger partial charge in [-0.05, 0) is 18.2 Å². The second-order valence-corrected chi connectivity index (χ2v) is 3.12. The highest BCUT2D eigenvalue weighted by Crippen LogP contribution is 2.11. The lowest BCUT2D eigenvalue weighted by molar-refractivity contribution is -0.117. The molecule has 1 amide bonds. The van der Waals surface area contributed by atoms with Crippen LogP contribution in [0.5, 0.6) is 0 Å². The van der Waals surface area contributed by atoms with Gasteiger partial charge in [-0.15, -0.1) is 0 Å². The fraction of sp³-hybridized carbons (Fsp3) is 0.0909. The molecule has 4 nitrogen and oxygen atoms in total. The molecule has 0 bridgehead atoms. The van der Waals surface area contributed by atoms with Crippen LogP contribution in [0.4, 0.5) is 0 Å². The van der Waals surface area contributed by atoms with Gasteiger partial charge in [0.05, 0.1) is 18.1 Å². The highest BCUT2D eigenvalue weighted by Gasteiger charge is 1.95. The van der Waals surface area contributed by atoms with Crippen molar-refractivity contribution in [1.82, 2.24) is 10.2 Å². The van der Waals surface area contributed by atoms with Crippen LogP contribution in [0.1, 0.15) is 12.0 Å². The van der Waals surface area contributed by atoms with Gasteiger partial charge < -0.3 is 5.73 Å². The molecule has 0 saturated carbocycles. The zero-order valence-corrected chi connectivity index (χ0v) is 7.95. The van der Waals surface area contributed by atoms with Crippen LogP contribution in [0.3, 0.4) is 0 Å². The van der Waals surface area contributed by atoms with Crippen molar-refractivity contribution in [3.05, 3.63) is 30.0 Å². The molecule has 0 saturated heterocycles. The molecule has 4 heteroatoms. The summed E-state index contributed by atoms with van der Waals surface area (Å²) in [6.07, 6.45) is 1.82. The number of nitrogens with zero attached hydrogens (tertiary/aromatic N) is 1. The zero-order chi connectivity index (χ0) is 10.7. The molecule has 2 rings (SSSR count). The molecule has 0 spiro atoms. The number of carbonyl (C=O) groups excluding carboxylic acids is 1. The van der Waals surface area contributed by atoms with Gasteiger partial charge in [0.25, 0.3) is 0 Å². The van der Waals surface area contributed by atoms with Crippen molar-refractivity contribution in [2.24, 2.45) is 5.73 Å². The standard InChI is InChI=1S/C11H9N3O/c12-11(15)3-1-2-8-4-5-10-9(6-8)7-13-14-10/h4-7H,3H2,(H2,12,15)(H,13,14). The van der Waals surface area contributed by atoms with Crippen molar-refractivity contribution in [2.75, 3.05) is 0 Å². The molecule has 0 aliphatic heterocycles. The number of rotatable bonds is 1. The lowest BCUT2D eigenvalue weighted by atomic mass is 10.1. The molecule has 74 valence electrons. The van der Waals surface area contributed by atoms with Gasteiger partial charge in [0.1, 0.15) is 0 Å². The van der Waals surface area contributed by atoms with Crippen molar-refractivity contribution >= 4 is 16.8 Å². The maximum Gasteiger partial charge on any atom is 0.229 e. The largest absolute Gasteiger partial charge is 0.369 e. The number of benzene rings is 1. The Morgan fingerprint density at radius 2 is 2.40 bits per heavy atom. The average molecular weight is 199 g/mol. The Morgan fingerprint density at radius 1 is 1.53 bits per heavy atom. The monoisotopic (exact) mass is 199 g/mol. The predicted octanol–water partition coefficient (Wildman–Crippen LogP) is 0.790. The summed E-state index contributed by atoms with van der Waals surface area (Å²) in [6.45, 7) is 0. The minimum Gasteiger partial charge on any atom is -0.369 e. The summed E-state index contributed by atoms with van der Waals surface area (Å²) in [5, 5.41) is 7.75. The van der Waals surface area contributed by atoms with E-state index in [2.05, 4.69) is 22.0 Å². The fourth-order valence-electron chi connectivity index (χ4n) is 1.25. The molecule has 1 aromatic carbocycles. The number of H-pyrrole nitrogens is 1. The van der Waals surface area contributed by atoms with Crippen molar-refractivity contribution < 1.29 is 4.79 Å². The maximum atomic E-state index is 10.5. The van der Waals surface area contributed by atoms with Crippen molar-refractivity contribution in [1.29, 1.82) is 0 Å². The number of carbonyl (C=O) groups is 1. The van der Waals surface area contributed by atoms with Crippen LogP contribution in [-0.2, 0) is 4.79 Å². The third kappa shape index (κ3) is 2.15. The summed E-state index contributed by atoms with van der Waals surface area (Å²) < 4.78 is 0. The van der Waals surface area contributed by atoms with Gasteiger partial charge >= 0.3 is 0 Å². The first-order chi connectivity index (χ1) is 7.25. The van der Waals surface area contributed by atoms with E-state index in [1.807, 2.05) is 18.2 Å². The summed E-state index contributed by atoms with van der Waals surface area (Å²) in [4.78, 5) is 10.5. The van der Waals surface area contributed by atoms with E-state index in [-0.39, 0.29) is 6.42 Å². The molecular formula is C11H9N3O. The van der Waals surface area contributed by atoms with Gasteiger partial charge in [0, 0.05) is 10.9 Å². The van der Waals surface area contributed by atoms with Gasteiger partial charge in [-0.25, -0.2) is 0 Å². The number of hydrogen-bond donors (Lipinski definition) is 2. The van der Waals surface area contributed by atoms with Crippen LogP contribution in [0.25, 0.3) is 10.9 Å². The minimum absolute atomic E-state index is 0.0867. The third-order valence-corrected chi connectivity index (χ3v) is 1.94. The number of nitrogens with one attached hydrogen (secondary N) is 1. The summed E-state index contributed by atoms with van der Waals surface area (Å²) in [7, 11) is 0. The van der Waals surface area contributed by atoms with E-state index in [0.717, 1.165) is 16.5 Å². The molecule has 2 aromatic rings. The Labute approximate surface area is 86.5 Å². The molecule has 3 N–H and O–H groups in total. The van der Waals surface area contributed by atoms with E-state index in [4.69, 9.17) is 5.73 Å². The van der Waals surface area contributed by atoms with Gasteiger partial charge in [-0.2, -0.15) is 5.10 Å². The number of primary amides is 1. The minimum atomic E-state index is -0.410. The lowest BCUT2D eigenvalue weighted by Crippen LogP contribution is -2.08. The van der Waals surface area contributed by atoms with Gasteiger partial charge in [-0.1, -0.05) is 11.8 Å². The van der Waals surface area contributed by atoms with Crippen LogP contribution in [-0.4, -0.2) is 16.1 Å². The summed E-state index contributed by atoms with van der Waals surface area (Å²) in [5.41, 5.74) is 6.79. The summed E-state index contributed by atoms with van der Waals surface area (Å²) in [5.74, 6) is 5.16. The van der Waals surface area contributed by atoms with Gasteiger partial charge in [-0.3, -0.25) is 9.89 Å². The third-order valence-electron chi connectivity index (χ3n) is 1.94. The highest BCUT2D eigenvalue weighted by molar-refractivity contribution is 5.80. The number of aromatic nitrogens is 2. The molecule has 0 fully saturated rings. The Hall–Kier alpha value is -2.28. The Morgan fingerprint density at radius 3 is 3.20 bits per heavy atom. The van der Waals surface area contributed by atoms with E-state index in [0.29, 0.717) is 0 Å². The fourth-order valence-corrected chi connectivity index (χ4v) is 1.25. The molecule has 1 aromatic heterocycles. The Kier molecular flexibility index (Phi) is 2.38. The molecule has 0 aliphatic rings. The lowest BCUT2D eigenvalue weighted by Gasteiger charge is -1.90.